The third kappa shape index (κ3) is 4.19. The van der Waals surface area contributed by atoms with Gasteiger partial charge in [0.25, 0.3) is 0 Å². The molecule has 1 N–H and O–H groups in total. The Morgan fingerprint density at radius 1 is 1.17 bits per heavy atom. The van der Waals surface area contributed by atoms with Crippen LogP contribution >= 0.6 is 15.9 Å². The van der Waals surface area contributed by atoms with Crippen LogP contribution in [0.1, 0.15) is 46.5 Å². The summed E-state index contributed by atoms with van der Waals surface area (Å²) < 4.78 is 12.3. The fraction of sp³-hybridized carbons (Fsp3) is 0.611. The number of halogens is 1. The van der Waals surface area contributed by atoms with Crippen LogP contribution in [0.15, 0.2) is 28.7 Å². The van der Waals surface area contributed by atoms with Crippen LogP contribution in [0.4, 0.5) is 4.79 Å². The van der Waals surface area contributed by atoms with Crippen LogP contribution in [0.2, 0.25) is 0 Å². The second-order valence-electron chi connectivity index (χ2n) is 7.85. The van der Waals surface area contributed by atoms with Crippen molar-refractivity contribution in [2.45, 2.75) is 64.2 Å². The van der Waals surface area contributed by atoms with E-state index in [1.54, 1.807) is 0 Å². The lowest BCUT2D eigenvalue weighted by Gasteiger charge is -2.57. The molecule has 2 aliphatic rings. The fourth-order valence-electron chi connectivity index (χ4n) is 3.59. The van der Waals surface area contributed by atoms with Gasteiger partial charge >= 0.3 is 6.09 Å². The molecule has 1 aromatic rings. The number of carbonyl (C=O) groups is 1. The summed E-state index contributed by atoms with van der Waals surface area (Å²) >= 11 is 3.43. The highest BCUT2D eigenvalue weighted by molar-refractivity contribution is 9.10. The first-order valence-electron chi connectivity index (χ1n) is 8.15. The molecule has 0 atom stereocenters. The van der Waals surface area contributed by atoms with Gasteiger partial charge in [0.05, 0.1) is 6.10 Å². The quantitative estimate of drug-likeness (QED) is 0.827. The molecule has 0 saturated heterocycles. The molecule has 2 aliphatic carbocycles. The van der Waals surface area contributed by atoms with E-state index in [1.165, 1.54) is 0 Å². The van der Waals surface area contributed by atoms with E-state index in [0.29, 0.717) is 11.5 Å². The predicted molar refractivity (Wildman–Crippen MR) is 92.6 cm³/mol. The molecule has 4 nitrogen and oxygen atoms in total. The van der Waals surface area contributed by atoms with Gasteiger partial charge in [-0.25, -0.2) is 4.79 Å². The van der Waals surface area contributed by atoms with Crippen LogP contribution in [0.3, 0.4) is 0 Å². The third-order valence-electron chi connectivity index (χ3n) is 4.52. The summed E-state index contributed by atoms with van der Waals surface area (Å²) in [6.07, 6.45) is 4.22. The Morgan fingerprint density at radius 3 is 2.35 bits per heavy atom. The smallest absolute Gasteiger partial charge is 0.407 e. The summed E-state index contributed by atoms with van der Waals surface area (Å²) in [7, 11) is 0. The molecule has 126 valence electrons. The standard InChI is InChI=1S/C18H24BrNO3/c1-17(2,3)23-16(21)20-13-8-18(9-13)10-15(11-18)22-14-6-4-12(19)5-7-14/h4-7,13,15H,8-11H2,1-3H3,(H,20,21). The molecule has 0 aliphatic heterocycles. The highest BCUT2D eigenvalue weighted by atomic mass is 79.9. The Balaban J connectivity index is 1.38. The van der Waals surface area contributed by atoms with Crippen molar-refractivity contribution in [2.24, 2.45) is 5.41 Å². The number of rotatable bonds is 3. The molecule has 0 heterocycles. The average molecular weight is 382 g/mol. The molecule has 0 unspecified atom stereocenters. The van der Waals surface area contributed by atoms with E-state index in [-0.39, 0.29) is 12.1 Å². The number of benzene rings is 1. The van der Waals surface area contributed by atoms with Crippen molar-refractivity contribution >= 4 is 22.0 Å². The Labute approximate surface area is 146 Å². The summed E-state index contributed by atoms with van der Waals surface area (Å²) in [6, 6.07) is 8.21. The Kier molecular flexibility index (Phi) is 4.34. The highest BCUT2D eigenvalue weighted by Crippen LogP contribution is 2.56. The van der Waals surface area contributed by atoms with E-state index in [2.05, 4.69) is 21.2 Å². The number of carbonyl (C=O) groups excluding carboxylic acids is 1. The van der Waals surface area contributed by atoms with Crippen molar-refractivity contribution in [3.05, 3.63) is 28.7 Å². The zero-order valence-corrected chi connectivity index (χ0v) is 15.5. The van der Waals surface area contributed by atoms with E-state index < -0.39 is 5.60 Å². The van der Waals surface area contributed by atoms with E-state index >= 15 is 0 Å². The maximum atomic E-state index is 11.8. The number of hydrogen-bond donors (Lipinski definition) is 1. The molecule has 0 aromatic heterocycles. The van der Waals surface area contributed by atoms with Crippen LogP contribution in [-0.2, 0) is 4.74 Å². The van der Waals surface area contributed by atoms with Gasteiger partial charge in [0.1, 0.15) is 11.4 Å². The van der Waals surface area contributed by atoms with Gasteiger partial charge in [0.15, 0.2) is 0 Å². The second-order valence-corrected chi connectivity index (χ2v) is 8.77. The molecule has 0 bridgehead atoms. The minimum absolute atomic E-state index is 0.249. The number of nitrogens with one attached hydrogen (secondary N) is 1. The van der Waals surface area contributed by atoms with Crippen LogP contribution in [0.5, 0.6) is 5.75 Å². The lowest BCUT2D eigenvalue weighted by Crippen LogP contribution is -2.59. The van der Waals surface area contributed by atoms with Gasteiger partial charge in [-0.15, -0.1) is 0 Å². The second kappa shape index (κ2) is 6.00. The first kappa shape index (κ1) is 16.6. The molecular weight excluding hydrogens is 358 g/mol. The number of ether oxygens (including phenoxy) is 2. The van der Waals surface area contributed by atoms with E-state index in [0.717, 1.165) is 35.9 Å². The molecule has 1 aromatic carbocycles. The monoisotopic (exact) mass is 381 g/mol. The maximum absolute atomic E-state index is 11.8. The lowest BCUT2D eigenvalue weighted by molar-refractivity contribution is -0.0853. The molecule has 2 saturated carbocycles. The van der Waals surface area contributed by atoms with Gasteiger partial charge in [0.2, 0.25) is 0 Å². The average Bonchev–Trinajstić information content (AvgIpc) is 2.34. The van der Waals surface area contributed by atoms with Gasteiger partial charge in [-0.2, -0.15) is 0 Å². The van der Waals surface area contributed by atoms with Gasteiger partial charge in [-0.05, 0) is 76.1 Å². The Morgan fingerprint density at radius 2 is 1.78 bits per heavy atom. The maximum Gasteiger partial charge on any atom is 0.407 e. The summed E-state index contributed by atoms with van der Waals surface area (Å²) in [4.78, 5) is 11.8. The summed E-state index contributed by atoms with van der Waals surface area (Å²) in [5, 5.41) is 2.96. The first-order chi connectivity index (χ1) is 10.7. The van der Waals surface area contributed by atoms with Gasteiger partial charge in [0, 0.05) is 10.5 Å². The van der Waals surface area contributed by atoms with Crippen LogP contribution in [0, 0.1) is 5.41 Å². The van der Waals surface area contributed by atoms with E-state index in [9.17, 15) is 4.79 Å². The minimum atomic E-state index is -0.439. The molecular formula is C18H24BrNO3. The van der Waals surface area contributed by atoms with Gasteiger partial charge < -0.3 is 14.8 Å². The third-order valence-corrected chi connectivity index (χ3v) is 5.05. The van der Waals surface area contributed by atoms with Crippen LogP contribution < -0.4 is 10.1 Å². The van der Waals surface area contributed by atoms with Crippen molar-refractivity contribution < 1.29 is 14.3 Å². The van der Waals surface area contributed by atoms with Crippen LogP contribution in [0.25, 0.3) is 0 Å². The first-order valence-corrected chi connectivity index (χ1v) is 8.94. The summed E-state index contributed by atoms with van der Waals surface area (Å²) in [5.41, 5.74) is -0.0642. The largest absolute Gasteiger partial charge is 0.490 e. The van der Waals surface area contributed by atoms with Crippen molar-refractivity contribution in [1.82, 2.24) is 5.32 Å². The zero-order valence-electron chi connectivity index (χ0n) is 13.9. The van der Waals surface area contributed by atoms with E-state index in [1.807, 2.05) is 45.0 Å². The van der Waals surface area contributed by atoms with Crippen molar-refractivity contribution in [3.8, 4) is 5.75 Å². The summed E-state index contributed by atoms with van der Waals surface area (Å²) in [5.74, 6) is 0.927. The van der Waals surface area contributed by atoms with Gasteiger partial charge in [-0.1, -0.05) is 15.9 Å². The molecule has 0 radical (unpaired) electrons. The summed E-state index contributed by atoms with van der Waals surface area (Å²) in [6.45, 7) is 5.64. The zero-order chi connectivity index (χ0) is 16.7. The predicted octanol–water partition coefficient (Wildman–Crippen LogP) is 4.66. The van der Waals surface area contributed by atoms with Crippen molar-refractivity contribution in [3.63, 3.8) is 0 Å². The lowest BCUT2D eigenvalue weighted by atomic mass is 9.53. The molecule has 1 spiro atoms. The fourth-order valence-corrected chi connectivity index (χ4v) is 3.85. The number of alkyl carbamates (subject to hydrolysis) is 1. The Bertz CT molecular complexity index is 565. The molecule has 1 amide bonds. The molecule has 3 rings (SSSR count). The molecule has 2 fully saturated rings. The van der Waals surface area contributed by atoms with Crippen molar-refractivity contribution in [2.75, 3.05) is 0 Å². The SMILES string of the molecule is CC(C)(C)OC(=O)NC1CC2(C1)CC(Oc1ccc(Br)cc1)C2. The Hall–Kier alpha value is -1.23. The van der Waals surface area contributed by atoms with Crippen molar-refractivity contribution in [1.29, 1.82) is 0 Å². The van der Waals surface area contributed by atoms with Crippen LogP contribution in [-0.4, -0.2) is 23.8 Å². The normalized spacial score (nSPS) is 29.4. The number of hydrogen-bond acceptors (Lipinski definition) is 3. The van der Waals surface area contributed by atoms with Gasteiger partial charge in [-0.3, -0.25) is 0 Å². The molecule has 23 heavy (non-hydrogen) atoms. The highest BCUT2D eigenvalue weighted by Gasteiger charge is 2.54. The topological polar surface area (TPSA) is 47.6 Å². The number of amides is 1. The molecule has 5 heteroatoms. The van der Waals surface area contributed by atoms with E-state index in [4.69, 9.17) is 9.47 Å². The minimum Gasteiger partial charge on any atom is -0.490 e.